The normalized spacial score (nSPS) is 11.6. The van der Waals surface area contributed by atoms with Crippen LogP contribution in [0.1, 0.15) is 25.8 Å². The predicted molar refractivity (Wildman–Crippen MR) is 72.5 cm³/mol. The van der Waals surface area contributed by atoms with Gasteiger partial charge in [0.1, 0.15) is 0 Å². The molecule has 0 atom stereocenters. The first-order valence-corrected chi connectivity index (χ1v) is 6.26. The van der Waals surface area contributed by atoms with Crippen LogP contribution in [0.5, 0.6) is 5.75 Å². The third kappa shape index (κ3) is 3.96. The molecule has 0 amide bonds. The molecule has 0 aliphatic heterocycles. The fourth-order valence-electron chi connectivity index (χ4n) is 1.82. The van der Waals surface area contributed by atoms with Crippen LogP contribution in [-0.2, 0) is 5.41 Å². The summed E-state index contributed by atoms with van der Waals surface area (Å²) in [5, 5.41) is 3.34. The van der Waals surface area contributed by atoms with Crippen molar-refractivity contribution < 1.29 is 9.13 Å². The highest BCUT2D eigenvalue weighted by Crippen LogP contribution is 2.26. The van der Waals surface area contributed by atoms with Crippen molar-refractivity contribution in [1.29, 1.82) is 0 Å². The van der Waals surface area contributed by atoms with Gasteiger partial charge >= 0.3 is 0 Å². The molecule has 0 saturated carbocycles. The van der Waals surface area contributed by atoms with E-state index in [0.717, 1.165) is 25.1 Å². The molecule has 1 aromatic carbocycles. The molecule has 0 aliphatic carbocycles. The molecule has 3 N–H and O–H groups in total. The van der Waals surface area contributed by atoms with Crippen molar-refractivity contribution in [3.8, 4) is 5.75 Å². The highest BCUT2D eigenvalue weighted by molar-refractivity contribution is 5.33. The fraction of sp³-hybridized carbons (Fsp3) is 0.571. The standard InChI is InChI=1S/C14H23FN2O/c1-14(2,10-17-8-4-7-16)11-5-6-13(18-3)12(15)9-11/h5-6,9,17H,4,7-8,10,16H2,1-3H3. The quantitative estimate of drug-likeness (QED) is 0.732. The van der Waals surface area contributed by atoms with E-state index in [4.69, 9.17) is 10.5 Å². The lowest BCUT2D eigenvalue weighted by Gasteiger charge is -2.26. The second-order valence-corrected chi connectivity index (χ2v) is 5.05. The molecule has 0 bridgehead atoms. The lowest BCUT2D eigenvalue weighted by molar-refractivity contribution is 0.384. The van der Waals surface area contributed by atoms with E-state index in [1.165, 1.54) is 7.11 Å². The molecule has 0 aliphatic rings. The molecule has 1 rings (SSSR count). The number of benzene rings is 1. The summed E-state index contributed by atoms with van der Waals surface area (Å²) in [7, 11) is 1.47. The van der Waals surface area contributed by atoms with E-state index in [0.29, 0.717) is 6.54 Å². The number of rotatable bonds is 7. The van der Waals surface area contributed by atoms with Crippen LogP contribution in [0, 0.1) is 5.82 Å². The van der Waals surface area contributed by atoms with E-state index in [1.807, 2.05) is 6.07 Å². The Kier molecular flexibility index (Phi) is 5.56. The van der Waals surface area contributed by atoms with Crippen molar-refractivity contribution in [2.75, 3.05) is 26.7 Å². The third-order valence-electron chi connectivity index (χ3n) is 3.06. The molecule has 4 heteroatoms. The summed E-state index contributed by atoms with van der Waals surface area (Å²) in [4.78, 5) is 0. The Hall–Kier alpha value is -1.13. The van der Waals surface area contributed by atoms with Gasteiger partial charge in [0.25, 0.3) is 0 Å². The van der Waals surface area contributed by atoms with Crippen LogP contribution in [0.15, 0.2) is 18.2 Å². The highest BCUT2D eigenvalue weighted by atomic mass is 19.1. The zero-order valence-corrected chi connectivity index (χ0v) is 11.4. The van der Waals surface area contributed by atoms with Crippen LogP contribution in [0.2, 0.25) is 0 Å². The van der Waals surface area contributed by atoms with E-state index < -0.39 is 0 Å². The molecule has 0 aromatic heterocycles. The van der Waals surface area contributed by atoms with Gasteiger partial charge in [-0.05, 0) is 37.2 Å². The van der Waals surface area contributed by atoms with Gasteiger partial charge in [-0.3, -0.25) is 0 Å². The number of hydrogen-bond donors (Lipinski definition) is 2. The summed E-state index contributed by atoms with van der Waals surface area (Å²) >= 11 is 0. The number of nitrogens with one attached hydrogen (secondary N) is 1. The second-order valence-electron chi connectivity index (χ2n) is 5.05. The Morgan fingerprint density at radius 3 is 2.67 bits per heavy atom. The number of hydrogen-bond acceptors (Lipinski definition) is 3. The van der Waals surface area contributed by atoms with Crippen LogP contribution in [0.3, 0.4) is 0 Å². The average molecular weight is 254 g/mol. The maximum Gasteiger partial charge on any atom is 0.165 e. The number of halogens is 1. The number of nitrogens with two attached hydrogens (primary N) is 1. The summed E-state index contributed by atoms with van der Waals surface area (Å²) < 4.78 is 18.6. The van der Waals surface area contributed by atoms with Crippen LogP contribution >= 0.6 is 0 Å². The minimum atomic E-state index is -0.315. The molecule has 0 saturated heterocycles. The van der Waals surface area contributed by atoms with Crippen molar-refractivity contribution in [1.82, 2.24) is 5.32 Å². The Labute approximate surface area is 109 Å². The molecule has 1 aromatic rings. The van der Waals surface area contributed by atoms with Gasteiger partial charge in [0, 0.05) is 12.0 Å². The zero-order valence-electron chi connectivity index (χ0n) is 11.4. The van der Waals surface area contributed by atoms with Gasteiger partial charge in [-0.2, -0.15) is 0 Å². The van der Waals surface area contributed by atoms with Crippen molar-refractivity contribution in [3.63, 3.8) is 0 Å². The van der Waals surface area contributed by atoms with E-state index in [2.05, 4.69) is 19.2 Å². The van der Waals surface area contributed by atoms with E-state index in [-0.39, 0.29) is 17.0 Å². The Bertz CT molecular complexity index is 380. The fourth-order valence-corrected chi connectivity index (χ4v) is 1.82. The lowest BCUT2D eigenvalue weighted by Crippen LogP contribution is -2.34. The highest BCUT2D eigenvalue weighted by Gasteiger charge is 2.21. The summed E-state index contributed by atoms with van der Waals surface area (Å²) in [6.45, 7) is 6.54. The predicted octanol–water partition coefficient (Wildman–Crippen LogP) is 2.05. The monoisotopic (exact) mass is 254 g/mol. The number of ether oxygens (including phenoxy) is 1. The smallest absolute Gasteiger partial charge is 0.165 e. The lowest BCUT2D eigenvalue weighted by atomic mass is 9.84. The average Bonchev–Trinajstić information content (AvgIpc) is 2.34. The van der Waals surface area contributed by atoms with Gasteiger partial charge in [-0.25, -0.2) is 4.39 Å². The van der Waals surface area contributed by atoms with Gasteiger partial charge in [-0.15, -0.1) is 0 Å². The van der Waals surface area contributed by atoms with E-state index in [9.17, 15) is 4.39 Å². The molecule has 18 heavy (non-hydrogen) atoms. The van der Waals surface area contributed by atoms with Crippen molar-refractivity contribution in [2.24, 2.45) is 5.73 Å². The Balaban J connectivity index is 2.69. The van der Waals surface area contributed by atoms with Crippen LogP contribution in [-0.4, -0.2) is 26.7 Å². The Morgan fingerprint density at radius 1 is 1.39 bits per heavy atom. The third-order valence-corrected chi connectivity index (χ3v) is 3.06. The van der Waals surface area contributed by atoms with Crippen molar-refractivity contribution in [2.45, 2.75) is 25.7 Å². The van der Waals surface area contributed by atoms with Crippen LogP contribution in [0.25, 0.3) is 0 Å². The largest absolute Gasteiger partial charge is 0.494 e. The molecule has 0 unspecified atom stereocenters. The first-order valence-electron chi connectivity index (χ1n) is 6.26. The SMILES string of the molecule is COc1ccc(C(C)(C)CNCCCN)cc1F. The maximum absolute atomic E-state index is 13.7. The van der Waals surface area contributed by atoms with Gasteiger partial charge in [0.05, 0.1) is 7.11 Å². The first-order chi connectivity index (χ1) is 8.51. The molecule has 0 radical (unpaired) electrons. The molecule has 0 heterocycles. The second kappa shape index (κ2) is 6.71. The minimum Gasteiger partial charge on any atom is -0.494 e. The number of methoxy groups -OCH3 is 1. The Morgan fingerprint density at radius 2 is 2.11 bits per heavy atom. The summed E-state index contributed by atoms with van der Waals surface area (Å²) in [5.74, 6) is -0.0318. The molecular weight excluding hydrogens is 231 g/mol. The topological polar surface area (TPSA) is 47.3 Å². The van der Waals surface area contributed by atoms with Crippen molar-refractivity contribution >= 4 is 0 Å². The van der Waals surface area contributed by atoms with Crippen molar-refractivity contribution in [3.05, 3.63) is 29.6 Å². The van der Waals surface area contributed by atoms with E-state index >= 15 is 0 Å². The maximum atomic E-state index is 13.7. The molecule has 3 nitrogen and oxygen atoms in total. The molecule has 0 spiro atoms. The molecular formula is C14H23FN2O. The van der Waals surface area contributed by atoms with Crippen LogP contribution < -0.4 is 15.8 Å². The summed E-state index contributed by atoms with van der Waals surface area (Å²) in [6, 6.07) is 5.13. The molecule has 0 fully saturated rings. The summed E-state index contributed by atoms with van der Waals surface area (Å²) in [5.41, 5.74) is 6.27. The first kappa shape index (κ1) is 14.9. The van der Waals surface area contributed by atoms with Gasteiger partial charge < -0.3 is 15.8 Å². The van der Waals surface area contributed by atoms with Gasteiger partial charge in [0.15, 0.2) is 11.6 Å². The van der Waals surface area contributed by atoms with E-state index in [1.54, 1.807) is 12.1 Å². The van der Waals surface area contributed by atoms with Gasteiger partial charge in [-0.1, -0.05) is 19.9 Å². The van der Waals surface area contributed by atoms with Gasteiger partial charge in [0.2, 0.25) is 0 Å². The summed E-state index contributed by atoms with van der Waals surface area (Å²) in [6.07, 6.45) is 0.951. The minimum absolute atomic E-state index is 0.123. The van der Waals surface area contributed by atoms with Crippen LogP contribution in [0.4, 0.5) is 4.39 Å². The zero-order chi connectivity index (χ0) is 13.6. The molecule has 102 valence electrons.